The molecule has 0 N–H and O–H groups in total. The Kier molecular flexibility index (Phi) is 3.85. The Morgan fingerprint density at radius 3 is 2.54 bits per heavy atom. The van der Waals surface area contributed by atoms with E-state index in [4.69, 9.17) is 0 Å². The van der Waals surface area contributed by atoms with Crippen molar-refractivity contribution >= 4 is 15.9 Å². The Balaban J connectivity index is 2.96. The van der Waals surface area contributed by atoms with Gasteiger partial charge in [0.15, 0.2) is 0 Å². The first kappa shape index (κ1) is 10.6. The zero-order valence-electron chi connectivity index (χ0n) is 7.36. The summed E-state index contributed by atoms with van der Waals surface area (Å²) in [6.45, 7) is 1.84. The van der Waals surface area contributed by atoms with Crippen molar-refractivity contribution in [3.8, 4) is 0 Å². The minimum atomic E-state index is -2.37. The molecule has 0 unspecified atom stereocenters. The van der Waals surface area contributed by atoms with Gasteiger partial charge in [0.05, 0.1) is 0 Å². The van der Waals surface area contributed by atoms with E-state index < -0.39 is 6.43 Å². The van der Waals surface area contributed by atoms with Gasteiger partial charge < -0.3 is 0 Å². The lowest BCUT2D eigenvalue weighted by Crippen LogP contribution is -1.92. The molecule has 0 aliphatic heterocycles. The van der Waals surface area contributed by atoms with Crippen LogP contribution in [0, 0.1) is 6.92 Å². The molecular weight excluding hydrogens is 238 g/mol. The average molecular weight is 249 g/mol. The van der Waals surface area contributed by atoms with E-state index in [1.807, 2.05) is 13.0 Å². The van der Waals surface area contributed by atoms with Crippen molar-refractivity contribution in [1.29, 1.82) is 0 Å². The third-order valence-electron chi connectivity index (χ3n) is 1.79. The van der Waals surface area contributed by atoms with Crippen LogP contribution in [-0.2, 0) is 6.42 Å². The molecule has 0 saturated heterocycles. The monoisotopic (exact) mass is 248 g/mol. The van der Waals surface area contributed by atoms with Gasteiger partial charge in [-0.1, -0.05) is 39.7 Å². The van der Waals surface area contributed by atoms with Crippen LogP contribution in [0.25, 0.3) is 0 Å². The van der Waals surface area contributed by atoms with E-state index in [0.717, 1.165) is 22.9 Å². The van der Waals surface area contributed by atoms with Gasteiger partial charge in [0.2, 0.25) is 0 Å². The van der Waals surface area contributed by atoms with Crippen LogP contribution >= 0.6 is 15.9 Å². The molecule has 72 valence electrons. The third kappa shape index (κ3) is 3.07. The molecule has 0 bridgehead atoms. The van der Waals surface area contributed by atoms with Gasteiger partial charge in [0.1, 0.15) is 0 Å². The molecule has 0 nitrogen and oxygen atoms in total. The van der Waals surface area contributed by atoms with Crippen molar-refractivity contribution in [2.75, 3.05) is 5.33 Å². The number of halogens is 3. The highest BCUT2D eigenvalue weighted by Gasteiger charge is 2.08. The highest BCUT2D eigenvalue weighted by Crippen LogP contribution is 2.21. The molecule has 0 spiro atoms. The largest absolute Gasteiger partial charge is 0.263 e. The predicted octanol–water partition coefficient (Wildman–Crippen LogP) is 3.87. The second-order valence-electron chi connectivity index (χ2n) is 2.99. The first-order chi connectivity index (χ1) is 6.13. The van der Waals surface area contributed by atoms with E-state index >= 15 is 0 Å². The molecule has 0 atom stereocenters. The van der Waals surface area contributed by atoms with Crippen LogP contribution in [0.1, 0.15) is 23.1 Å². The van der Waals surface area contributed by atoms with Crippen LogP contribution in [0.4, 0.5) is 8.78 Å². The summed E-state index contributed by atoms with van der Waals surface area (Å²) in [6.07, 6.45) is -1.57. The van der Waals surface area contributed by atoms with Gasteiger partial charge in [0.25, 0.3) is 6.43 Å². The molecule has 1 aromatic rings. The summed E-state index contributed by atoms with van der Waals surface area (Å²) in [4.78, 5) is 0. The number of benzene rings is 1. The van der Waals surface area contributed by atoms with Crippen LogP contribution in [0.2, 0.25) is 0 Å². The lowest BCUT2D eigenvalue weighted by molar-refractivity contribution is 0.151. The molecule has 1 aromatic carbocycles. The Labute approximate surface area is 85.1 Å². The number of hydrogen-bond donors (Lipinski definition) is 0. The molecule has 3 heteroatoms. The molecule has 13 heavy (non-hydrogen) atoms. The van der Waals surface area contributed by atoms with Crippen molar-refractivity contribution in [3.63, 3.8) is 0 Å². The lowest BCUT2D eigenvalue weighted by atomic mass is 10.1. The van der Waals surface area contributed by atoms with Gasteiger partial charge in [-0.25, -0.2) is 8.78 Å². The number of alkyl halides is 3. The van der Waals surface area contributed by atoms with E-state index in [-0.39, 0.29) is 5.56 Å². The lowest BCUT2D eigenvalue weighted by Gasteiger charge is -2.05. The normalized spacial score (nSPS) is 10.8. The van der Waals surface area contributed by atoms with Crippen molar-refractivity contribution in [1.82, 2.24) is 0 Å². The molecule has 0 fully saturated rings. The highest BCUT2D eigenvalue weighted by atomic mass is 79.9. The maximum absolute atomic E-state index is 12.4. The molecule has 0 heterocycles. The summed E-state index contributed by atoms with van der Waals surface area (Å²) < 4.78 is 24.7. The minimum absolute atomic E-state index is 0.121. The summed E-state index contributed by atoms with van der Waals surface area (Å²) in [5.74, 6) is 0. The van der Waals surface area contributed by atoms with E-state index in [1.165, 1.54) is 6.07 Å². The molecule has 0 aliphatic carbocycles. The number of aryl methyl sites for hydroxylation is 2. The first-order valence-electron chi connectivity index (χ1n) is 4.08. The van der Waals surface area contributed by atoms with E-state index in [9.17, 15) is 8.78 Å². The molecule has 0 aliphatic rings. The van der Waals surface area contributed by atoms with Crippen molar-refractivity contribution < 1.29 is 8.78 Å². The van der Waals surface area contributed by atoms with E-state index in [0.29, 0.717) is 0 Å². The standard InChI is InChI=1S/C10H11BrF2/c1-7-4-8(2-3-11)6-9(5-7)10(12)13/h4-6,10H,2-3H2,1H3. The van der Waals surface area contributed by atoms with Gasteiger partial charge in [0, 0.05) is 10.9 Å². The second-order valence-corrected chi connectivity index (χ2v) is 3.78. The molecule has 0 aromatic heterocycles. The summed E-state index contributed by atoms with van der Waals surface area (Å²) in [5.41, 5.74) is 1.98. The summed E-state index contributed by atoms with van der Waals surface area (Å²) >= 11 is 3.28. The van der Waals surface area contributed by atoms with Crippen molar-refractivity contribution in [2.45, 2.75) is 19.8 Å². The smallest absolute Gasteiger partial charge is 0.205 e. The topological polar surface area (TPSA) is 0 Å². The Hall–Kier alpha value is -0.440. The highest BCUT2D eigenvalue weighted by molar-refractivity contribution is 9.09. The summed E-state index contributed by atoms with van der Waals surface area (Å²) in [7, 11) is 0. The summed E-state index contributed by atoms with van der Waals surface area (Å²) in [5, 5.41) is 0.805. The quantitative estimate of drug-likeness (QED) is 0.713. The molecule has 0 saturated carbocycles. The number of rotatable bonds is 3. The Morgan fingerprint density at radius 2 is 2.00 bits per heavy atom. The summed E-state index contributed by atoms with van der Waals surface area (Å²) in [6, 6.07) is 5.04. The zero-order valence-corrected chi connectivity index (χ0v) is 8.94. The Bertz CT molecular complexity index is 284. The second kappa shape index (κ2) is 4.70. The van der Waals surface area contributed by atoms with Crippen molar-refractivity contribution in [2.24, 2.45) is 0 Å². The average Bonchev–Trinajstić information content (AvgIpc) is 2.03. The van der Waals surface area contributed by atoms with Crippen molar-refractivity contribution in [3.05, 3.63) is 34.9 Å². The fourth-order valence-corrected chi connectivity index (χ4v) is 1.73. The fraction of sp³-hybridized carbons (Fsp3) is 0.400. The minimum Gasteiger partial charge on any atom is -0.205 e. The van der Waals surface area contributed by atoms with Gasteiger partial charge in [-0.3, -0.25) is 0 Å². The third-order valence-corrected chi connectivity index (χ3v) is 2.19. The van der Waals surface area contributed by atoms with Crippen LogP contribution in [0.15, 0.2) is 18.2 Å². The predicted molar refractivity (Wildman–Crippen MR) is 53.6 cm³/mol. The number of hydrogen-bond acceptors (Lipinski definition) is 0. The SMILES string of the molecule is Cc1cc(CCBr)cc(C(F)F)c1. The molecule has 0 radical (unpaired) electrons. The molecule has 0 amide bonds. The van der Waals surface area contributed by atoms with Crippen LogP contribution in [0.5, 0.6) is 0 Å². The van der Waals surface area contributed by atoms with Gasteiger partial charge in [-0.05, 0) is 18.9 Å². The van der Waals surface area contributed by atoms with Crippen LogP contribution < -0.4 is 0 Å². The van der Waals surface area contributed by atoms with Crippen LogP contribution in [0.3, 0.4) is 0 Å². The van der Waals surface area contributed by atoms with Crippen LogP contribution in [-0.4, -0.2) is 5.33 Å². The maximum atomic E-state index is 12.4. The molecule has 1 rings (SSSR count). The van der Waals surface area contributed by atoms with Gasteiger partial charge in [-0.2, -0.15) is 0 Å². The first-order valence-corrected chi connectivity index (χ1v) is 5.20. The zero-order chi connectivity index (χ0) is 9.84. The van der Waals surface area contributed by atoms with Gasteiger partial charge >= 0.3 is 0 Å². The van der Waals surface area contributed by atoms with E-state index in [1.54, 1.807) is 6.07 Å². The Morgan fingerprint density at radius 1 is 1.31 bits per heavy atom. The van der Waals surface area contributed by atoms with Gasteiger partial charge in [-0.15, -0.1) is 0 Å². The molecular formula is C10H11BrF2. The van der Waals surface area contributed by atoms with E-state index in [2.05, 4.69) is 15.9 Å². The fourth-order valence-electron chi connectivity index (χ4n) is 1.27. The maximum Gasteiger partial charge on any atom is 0.263 e.